The summed E-state index contributed by atoms with van der Waals surface area (Å²) in [5, 5.41) is 4.37. The van der Waals surface area contributed by atoms with Gasteiger partial charge in [0.05, 0.1) is 29.6 Å². The van der Waals surface area contributed by atoms with Crippen LogP contribution in [0, 0.1) is 6.92 Å². The molecule has 1 atom stereocenters. The summed E-state index contributed by atoms with van der Waals surface area (Å²) in [5.41, 5.74) is 2.07. The average Bonchev–Trinajstić information content (AvgIpc) is 2.65. The Hall–Kier alpha value is -0.920. The Morgan fingerprint density at radius 2 is 2.37 bits per heavy atom. The minimum atomic E-state index is -0.494. The van der Waals surface area contributed by atoms with E-state index in [-0.39, 0.29) is 5.97 Å². The third kappa shape index (κ3) is 3.16. The number of esters is 1. The second-order valence-corrected chi connectivity index (χ2v) is 5.38. The summed E-state index contributed by atoms with van der Waals surface area (Å²) in [7, 11) is 3.30. The molecule has 1 aliphatic rings. The normalized spacial score (nSPS) is 20.5. The van der Waals surface area contributed by atoms with Crippen LogP contribution in [-0.2, 0) is 27.9 Å². The number of aryl methyl sites for hydroxylation is 2. The van der Waals surface area contributed by atoms with Crippen molar-refractivity contribution >= 4 is 21.9 Å². The molecule has 0 amide bonds. The van der Waals surface area contributed by atoms with E-state index >= 15 is 0 Å². The van der Waals surface area contributed by atoms with Crippen molar-refractivity contribution in [3.63, 3.8) is 0 Å². The topological polar surface area (TPSA) is 56.6 Å². The SMILES string of the molecule is COC(=O)C1CN(Cc2c(Br)c(C)nn2C)CCO1. The molecule has 0 aromatic carbocycles. The smallest absolute Gasteiger partial charge is 0.336 e. The molecule has 0 bridgehead atoms. The number of ether oxygens (including phenoxy) is 2. The molecule has 0 spiro atoms. The van der Waals surface area contributed by atoms with Crippen molar-refractivity contribution in [1.82, 2.24) is 14.7 Å². The van der Waals surface area contributed by atoms with E-state index < -0.39 is 6.10 Å². The number of carbonyl (C=O) groups is 1. The van der Waals surface area contributed by atoms with Crippen molar-refractivity contribution < 1.29 is 14.3 Å². The third-order valence-corrected chi connectivity index (χ3v) is 4.28. The highest BCUT2D eigenvalue weighted by atomic mass is 79.9. The van der Waals surface area contributed by atoms with E-state index in [4.69, 9.17) is 9.47 Å². The highest BCUT2D eigenvalue weighted by Crippen LogP contribution is 2.22. The molecule has 0 aliphatic carbocycles. The van der Waals surface area contributed by atoms with Crippen LogP contribution in [0.25, 0.3) is 0 Å². The number of hydrogen-bond acceptors (Lipinski definition) is 5. The maximum absolute atomic E-state index is 11.5. The zero-order valence-electron chi connectivity index (χ0n) is 11.4. The first-order chi connectivity index (χ1) is 9.02. The highest BCUT2D eigenvalue weighted by molar-refractivity contribution is 9.10. The van der Waals surface area contributed by atoms with E-state index in [1.165, 1.54) is 7.11 Å². The molecule has 0 saturated carbocycles. The minimum absolute atomic E-state index is 0.315. The Morgan fingerprint density at radius 1 is 1.63 bits per heavy atom. The second-order valence-electron chi connectivity index (χ2n) is 4.59. The molecule has 0 radical (unpaired) electrons. The van der Waals surface area contributed by atoms with E-state index in [0.717, 1.165) is 29.0 Å². The fourth-order valence-corrected chi connectivity index (χ4v) is 2.65. The number of rotatable bonds is 3. The van der Waals surface area contributed by atoms with Gasteiger partial charge in [0.25, 0.3) is 0 Å². The molecule has 2 rings (SSSR count). The standard InChI is InChI=1S/C12H18BrN3O3/c1-8-11(13)9(15(2)14-8)6-16-4-5-19-10(7-16)12(17)18-3/h10H,4-7H2,1-3H3. The zero-order chi connectivity index (χ0) is 14.0. The molecule has 19 heavy (non-hydrogen) atoms. The van der Waals surface area contributed by atoms with Gasteiger partial charge in [0.15, 0.2) is 6.10 Å². The molecular weight excluding hydrogens is 314 g/mol. The Morgan fingerprint density at radius 3 is 2.95 bits per heavy atom. The molecule has 1 aromatic rings. The lowest BCUT2D eigenvalue weighted by Crippen LogP contribution is -2.46. The molecule has 106 valence electrons. The van der Waals surface area contributed by atoms with Crippen LogP contribution in [0.2, 0.25) is 0 Å². The van der Waals surface area contributed by atoms with Gasteiger partial charge < -0.3 is 9.47 Å². The molecule has 1 aromatic heterocycles. The number of aromatic nitrogens is 2. The van der Waals surface area contributed by atoms with E-state index in [0.29, 0.717) is 13.2 Å². The van der Waals surface area contributed by atoms with Gasteiger partial charge in [0, 0.05) is 26.7 Å². The first kappa shape index (κ1) is 14.5. The third-order valence-electron chi connectivity index (χ3n) is 3.25. The Bertz CT molecular complexity index is 475. The van der Waals surface area contributed by atoms with Crippen LogP contribution in [0.3, 0.4) is 0 Å². The van der Waals surface area contributed by atoms with Crippen molar-refractivity contribution in [2.24, 2.45) is 7.05 Å². The fraction of sp³-hybridized carbons (Fsp3) is 0.667. The van der Waals surface area contributed by atoms with Crippen LogP contribution in [0.1, 0.15) is 11.4 Å². The summed E-state index contributed by atoms with van der Waals surface area (Å²) in [6, 6.07) is 0. The Kier molecular flexibility index (Phi) is 4.59. The van der Waals surface area contributed by atoms with Crippen molar-refractivity contribution in [2.75, 3.05) is 26.8 Å². The minimum Gasteiger partial charge on any atom is -0.467 e. The summed E-state index contributed by atoms with van der Waals surface area (Å²) < 4.78 is 13.0. The molecule has 7 heteroatoms. The first-order valence-electron chi connectivity index (χ1n) is 6.12. The van der Waals surface area contributed by atoms with Gasteiger partial charge in [-0.15, -0.1) is 0 Å². The summed E-state index contributed by atoms with van der Waals surface area (Å²) in [4.78, 5) is 13.7. The van der Waals surface area contributed by atoms with Crippen molar-refractivity contribution in [3.8, 4) is 0 Å². The van der Waals surface area contributed by atoms with Gasteiger partial charge in [0.1, 0.15) is 0 Å². The fourth-order valence-electron chi connectivity index (χ4n) is 2.18. The largest absolute Gasteiger partial charge is 0.467 e. The maximum atomic E-state index is 11.5. The number of hydrogen-bond donors (Lipinski definition) is 0. The van der Waals surface area contributed by atoms with Gasteiger partial charge in [-0.1, -0.05) is 0 Å². The van der Waals surface area contributed by atoms with Gasteiger partial charge in [0.2, 0.25) is 0 Å². The molecular formula is C12H18BrN3O3. The zero-order valence-corrected chi connectivity index (χ0v) is 12.9. The van der Waals surface area contributed by atoms with E-state index in [9.17, 15) is 4.79 Å². The number of carbonyl (C=O) groups excluding carboxylic acids is 1. The first-order valence-corrected chi connectivity index (χ1v) is 6.92. The number of methoxy groups -OCH3 is 1. The second kappa shape index (κ2) is 6.02. The van der Waals surface area contributed by atoms with Crippen LogP contribution in [0.5, 0.6) is 0 Å². The molecule has 6 nitrogen and oxygen atoms in total. The van der Waals surface area contributed by atoms with Crippen LogP contribution in [0.15, 0.2) is 4.47 Å². The van der Waals surface area contributed by atoms with Crippen LogP contribution in [-0.4, -0.2) is 53.6 Å². The Labute approximate surface area is 120 Å². The average molecular weight is 332 g/mol. The lowest BCUT2D eigenvalue weighted by atomic mass is 10.2. The van der Waals surface area contributed by atoms with E-state index in [1.807, 2.05) is 18.7 Å². The lowest BCUT2D eigenvalue weighted by Gasteiger charge is -2.31. The highest BCUT2D eigenvalue weighted by Gasteiger charge is 2.28. The van der Waals surface area contributed by atoms with Crippen LogP contribution >= 0.6 is 15.9 Å². The predicted octanol–water partition coefficient (Wildman–Crippen LogP) is 0.865. The molecule has 2 heterocycles. The van der Waals surface area contributed by atoms with Crippen molar-refractivity contribution in [3.05, 3.63) is 15.9 Å². The Balaban J connectivity index is 2.04. The molecule has 1 saturated heterocycles. The monoisotopic (exact) mass is 331 g/mol. The van der Waals surface area contributed by atoms with Crippen molar-refractivity contribution in [1.29, 1.82) is 0 Å². The van der Waals surface area contributed by atoms with E-state index in [1.54, 1.807) is 0 Å². The molecule has 1 unspecified atom stereocenters. The number of halogens is 1. The molecule has 1 fully saturated rings. The molecule has 0 N–H and O–H groups in total. The maximum Gasteiger partial charge on any atom is 0.336 e. The van der Waals surface area contributed by atoms with Gasteiger partial charge in [-0.05, 0) is 22.9 Å². The summed E-state index contributed by atoms with van der Waals surface area (Å²) in [6.07, 6.45) is -0.494. The summed E-state index contributed by atoms with van der Waals surface area (Å²) in [5.74, 6) is -0.315. The van der Waals surface area contributed by atoms with Gasteiger partial charge in [-0.2, -0.15) is 5.10 Å². The van der Waals surface area contributed by atoms with Crippen LogP contribution in [0.4, 0.5) is 0 Å². The van der Waals surface area contributed by atoms with Gasteiger partial charge >= 0.3 is 5.97 Å². The summed E-state index contributed by atoms with van der Waals surface area (Å²) >= 11 is 3.55. The van der Waals surface area contributed by atoms with E-state index in [2.05, 4.69) is 25.9 Å². The number of nitrogens with zero attached hydrogens (tertiary/aromatic N) is 3. The van der Waals surface area contributed by atoms with Crippen LogP contribution < -0.4 is 0 Å². The predicted molar refractivity (Wildman–Crippen MR) is 72.7 cm³/mol. The lowest BCUT2D eigenvalue weighted by molar-refractivity contribution is -0.160. The summed E-state index contributed by atoms with van der Waals surface area (Å²) in [6.45, 7) is 4.57. The molecule has 1 aliphatic heterocycles. The van der Waals surface area contributed by atoms with Gasteiger partial charge in [-0.25, -0.2) is 4.79 Å². The van der Waals surface area contributed by atoms with Gasteiger partial charge in [-0.3, -0.25) is 9.58 Å². The number of morpholine rings is 1. The van der Waals surface area contributed by atoms with Crippen molar-refractivity contribution in [2.45, 2.75) is 19.6 Å². The quantitative estimate of drug-likeness (QED) is 0.769.